The van der Waals surface area contributed by atoms with Crippen LogP contribution in [0.5, 0.6) is 0 Å². The quantitative estimate of drug-likeness (QED) is 0.901. The van der Waals surface area contributed by atoms with Crippen LogP contribution in [0.15, 0.2) is 21.0 Å². The molecule has 0 spiro atoms. The van der Waals surface area contributed by atoms with Crippen LogP contribution in [0, 0.1) is 0 Å². The van der Waals surface area contributed by atoms with Crippen LogP contribution < -0.4 is 16.6 Å². The van der Waals surface area contributed by atoms with Crippen molar-refractivity contribution in [3.8, 4) is 0 Å². The molecule has 0 aliphatic heterocycles. The summed E-state index contributed by atoms with van der Waals surface area (Å²) in [6.07, 6.45) is 0.822. The van der Waals surface area contributed by atoms with E-state index >= 15 is 0 Å². The summed E-state index contributed by atoms with van der Waals surface area (Å²) in [6, 6.07) is 1.77. The van der Waals surface area contributed by atoms with Gasteiger partial charge in [-0.3, -0.25) is 18.7 Å². The molecule has 114 valence electrons. The molecule has 2 heterocycles. The average molecular weight is 309 g/mol. The fourth-order valence-electron chi connectivity index (χ4n) is 2.13. The van der Waals surface area contributed by atoms with E-state index in [4.69, 9.17) is 0 Å². The summed E-state index contributed by atoms with van der Waals surface area (Å²) in [6.45, 7) is 5.85. The zero-order valence-corrected chi connectivity index (χ0v) is 13.2. The van der Waals surface area contributed by atoms with Gasteiger partial charge in [0.1, 0.15) is 11.2 Å². The molecular weight excluding hydrogens is 290 g/mol. The summed E-state index contributed by atoms with van der Waals surface area (Å²) < 4.78 is 3.04. The number of thiophene rings is 1. The number of carbonyl (C=O) groups excluding carboxylic acids is 1. The van der Waals surface area contributed by atoms with Crippen LogP contribution in [0.2, 0.25) is 0 Å². The first-order chi connectivity index (χ1) is 9.99. The lowest BCUT2D eigenvalue weighted by Crippen LogP contribution is -2.43. The number of hydrogen-bond acceptors (Lipinski definition) is 4. The molecule has 0 saturated carbocycles. The first-order valence-corrected chi connectivity index (χ1v) is 7.87. The number of aromatic nitrogens is 2. The Balaban J connectivity index is 2.49. The molecule has 0 aliphatic rings. The molecule has 0 saturated heterocycles. The predicted octanol–water partition coefficient (Wildman–Crippen LogP) is 1.16. The standard InChI is InChI=1S/C14H19N3O3S/c1-4-9(3)15-11(18)8-17-10-6-7-21-12(10)13(19)16(5-2)14(17)20/h6-7,9H,4-5,8H2,1-3H3,(H,15,18). The second kappa shape index (κ2) is 6.26. The van der Waals surface area contributed by atoms with Crippen molar-refractivity contribution < 1.29 is 4.79 Å². The van der Waals surface area contributed by atoms with Gasteiger partial charge in [-0.2, -0.15) is 0 Å². The third kappa shape index (κ3) is 2.92. The molecule has 6 nitrogen and oxygen atoms in total. The number of fused-ring (bicyclic) bond motifs is 1. The lowest BCUT2D eigenvalue weighted by Gasteiger charge is -2.14. The van der Waals surface area contributed by atoms with Gasteiger partial charge >= 0.3 is 5.69 Å². The van der Waals surface area contributed by atoms with E-state index in [1.54, 1.807) is 18.4 Å². The van der Waals surface area contributed by atoms with E-state index in [1.807, 2.05) is 13.8 Å². The van der Waals surface area contributed by atoms with Gasteiger partial charge in [-0.25, -0.2) is 4.79 Å². The van der Waals surface area contributed by atoms with Crippen molar-refractivity contribution >= 4 is 27.5 Å². The molecule has 2 aromatic heterocycles. The lowest BCUT2D eigenvalue weighted by molar-refractivity contribution is -0.122. The fourth-order valence-corrected chi connectivity index (χ4v) is 2.97. The summed E-state index contributed by atoms with van der Waals surface area (Å²) in [5, 5.41) is 4.59. The molecule has 0 aromatic carbocycles. The summed E-state index contributed by atoms with van der Waals surface area (Å²) in [5.41, 5.74) is -0.196. The molecule has 0 aliphatic carbocycles. The van der Waals surface area contributed by atoms with Crippen molar-refractivity contribution in [2.45, 2.75) is 46.3 Å². The molecular formula is C14H19N3O3S. The predicted molar refractivity (Wildman–Crippen MR) is 83.9 cm³/mol. The molecule has 0 fully saturated rings. The maximum atomic E-state index is 12.4. The maximum absolute atomic E-state index is 12.4. The number of hydrogen-bond donors (Lipinski definition) is 1. The Morgan fingerprint density at radius 3 is 2.67 bits per heavy atom. The first kappa shape index (κ1) is 15.5. The van der Waals surface area contributed by atoms with Gasteiger partial charge in [-0.1, -0.05) is 6.92 Å². The normalized spacial score (nSPS) is 12.5. The van der Waals surface area contributed by atoms with Crippen molar-refractivity contribution in [1.82, 2.24) is 14.5 Å². The third-order valence-electron chi connectivity index (χ3n) is 3.47. The van der Waals surface area contributed by atoms with Crippen LogP contribution >= 0.6 is 11.3 Å². The van der Waals surface area contributed by atoms with Gasteiger partial charge in [-0.15, -0.1) is 11.3 Å². The molecule has 2 rings (SSSR count). The Hall–Kier alpha value is -1.89. The van der Waals surface area contributed by atoms with Gasteiger partial charge in [0.25, 0.3) is 5.56 Å². The summed E-state index contributed by atoms with van der Waals surface area (Å²) in [5.74, 6) is -0.222. The summed E-state index contributed by atoms with van der Waals surface area (Å²) in [7, 11) is 0. The van der Waals surface area contributed by atoms with E-state index < -0.39 is 5.69 Å². The minimum Gasteiger partial charge on any atom is -0.352 e. The number of carbonyl (C=O) groups is 1. The summed E-state index contributed by atoms with van der Waals surface area (Å²) >= 11 is 1.29. The Morgan fingerprint density at radius 1 is 1.33 bits per heavy atom. The minimum atomic E-state index is -0.437. The Bertz CT molecular complexity index is 772. The van der Waals surface area contributed by atoms with Crippen LogP contribution in [0.3, 0.4) is 0 Å². The molecule has 1 atom stereocenters. The molecule has 1 N–H and O–H groups in total. The SMILES string of the molecule is CCC(C)NC(=O)Cn1c(=O)n(CC)c(=O)c2sccc21. The van der Waals surface area contributed by atoms with Gasteiger partial charge in [-0.05, 0) is 31.7 Å². The van der Waals surface area contributed by atoms with E-state index in [0.717, 1.165) is 11.0 Å². The molecule has 2 aromatic rings. The van der Waals surface area contributed by atoms with Crippen LogP contribution in [-0.2, 0) is 17.9 Å². The van der Waals surface area contributed by atoms with E-state index in [2.05, 4.69) is 5.32 Å². The van der Waals surface area contributed by atoms with Crippen molar-refractivity contribution in [2.24, 2.45) is 0 Å². The zero-order valence-electron chi connectivity index (χ0n) is 12.4. The number of nitrogens with zero attached hydrogens (tertiary/aromatic N) is 2. The fraction of sp³-hybridized carbons (Fsp3) is 0.500. The van der Waals surface area contributed by atoms with Crippen molar-refractivity contribution in [2.75, 3.05) is 0 Å². The number of amides is 1. The number of rotatable bonds is 5. The van der Waals surface area contributed by atoms with Crippen molar-refractivity contribution in [3.05, 3.63) is 32.3 Å². The second-order valence-electron chi connectivity index (χ2n) is 4.93. The van der Waals surface area contributed by atoms with E-state index in [-0.39, 0.29) is 24.1 Å². The highest BCUT2D eigenvalue weighted by Gasteiger charge is 2.16. The molecule has 0 bridgehead atoms. The number of nitrogens with one attached hydrogen (secondary N) is 1. The minimum absolute atomic E-state index is 0.0586. The average Bonchev–Trinajstić information content (AvgIpc) is 2.93. The van der Waals surface area contributed by atoms with E-state index in [0.29, 0.717) is 16.8 Å². The Labute approximate surface area is 126 Å². The summed E-state index contributed by atoms with van der Waals surface area (Å²) in [4.78, 5) is 36.6. The molecule has 21 heavy (non-hydrogen) atoms. The van der Waals surface area contributed by atoms with Crippen molar-refractivity contribution in [3.63, 3.8) is 0 Å². The van der Waals surface area contributed by atoms with Gasteiger partial charge in [0, 0.05) is 12.6 Å². The van der Waals surface area contributed by atoms with E-state index in [1.165, 1.54) is 15.9 Å². The van der Waals surface area contributed by atoms with Gasteiger partial charge in [0.05, 0.1) is 5.52 Å². The first-order valence-electron chi connectivity index (χ1n) is 6.99. The monoisotopic (exact) mass is 309 g/mol. The topological polar surface area (TPSA) is 73.1 Å². The molecule has 1 amide bonds. The van der Waals surface area contributed by atoms with E-state index in [9.17, 15) is 14.4 Å². The van der Waals surface area contributed by atoms with Crippen LogP contribution in [0.4, 0.5) is 0 Å². The van der Waals surface area contributed by atoms with Crippen molar-refractivity contribution in [1.29, 1.82) is 0 Å². The Kier molecular flexibility index (Phi) is 4.62. The van der Waals surface area contributed by atoms with Gasteiger partial charge in [0.15, 0.2) is 0 Å². The van der Waals surface area contributed by atoms with Crippen LogP contribution in [0.25, 0.3) is 10.2 Å². The molecule has 0 radical (unpaired) electrons. The van der Waals surface area contributed by atoms with Gasteiger partial charge in [0.2, 0.25) is 5.91 Å². The highest BCUT2D eigenvalue weighted by Crippen LogP contribution is 2.15. The van der Waals surface area contributed by atoms with Gasteiger partial charge < -0.3 is 5.32 Å². The highest BCUT2D eigenvalue weighted by molar-refractivity contribution is 7.17. The highest BCUT2D eigenvalue weighted by atomic mass is 32.1. The smallest absolute Gasteiger partial charge is 0.331 e. The van der Waals surface area contributed by atoms with Crippen LogP contribution in [0.1, 0.15) is 27.2 Å². The molecule has 1 unspecified atom stereocenters. The van der Waals surface area contributed by atoms with Crippen LogP contribution in [-0.4, -0.2) is 21.1 Å². The largest absolute Gasteiger partial charge is 0.352 e. The maximum Gasteiger partial charge on any atom is 0.331 e. The Morgan fingerprint density at radius 2 is 2.05 bits per heavy atom. The lowest BCUT2D eigenvalue weighted by atomic mass is 10.2. The zero-order chi connectivity index (χ0) is 15.6. The second-order valence-corrected chi connectivity index (χ2v) is 5.85. The molecule has 7 heteroatoms. The third-order valence-corrected chi connectivity index (χ3v) is 4.37.